The molecule has 0 atom stereocenters. The predicted molar refractivity (Wildman–Crippen MR) is 108 cm³/mol. The number of amides is 1. The minimum atomic E-state index is -0.261. The van der Waals surface area contributed by atoms with Crippen LogP contribution in [0, 0.1) is 18.6 Å². The number of hydrogen-bond acceptors (Lipinski definition) is 4. The number of aromatic nitrogens is 2. The molecule has 0 unspecified atom stereocenters. The zero-order valence-electron chi connectivity index (χ0n) is 15.2. The Balaban J connectivity index is 2.10. The highest BCUT2D eigenvalue weighted by Crippen LogP contribution is 2.18. The minimum absolute atomic E-state index is 0.0169. The van der Waals surface area contributed by atoms with E-state index in [0.29, 0.717) is 29.4 Å². The highest BCUT2D eigenvalue weighted by molar-refractivity contribution is 7.71. The van der Waals surface area contributed by atoms with E-state index in [1.54, 1.807) is 18.2 Å². The van der Waals surface area contributed by atoms with Crippen LogP contribution in [0.15, 0.2) is 41.2 Å². The summed E-state index contributed by atoms with van der Waals surface area (Å²) < 4.78 is 1.76. The van der Waals surface area contributed by atoms with Crippen molar-refractivity contribution in [3.63, 3.8) is 0 Å². The summed E-state index contributed by atoms with van der Waals surface area (Å²) in [6.45, 7) is 4.34. The second-order valence-corrected chi connectivity index (χ2v) is 6.77. The number of carbonyl (C=O) groups excluding carboxylic acids is 1. The van der Waals surface area contributed by atoms with E-state index >= 15 is 0 Å². The number of aromatic amines is 1. The van der Waals surface area contributed by atoms with Crippen LogP contribution in [0.2, 0.25) is 0 Å². The van der Waals surface area contributed by atoms with Gasteiger partial charge in [0.2, 0.25) is 0 Å². The van der Waals surface area contributed by atoms with Crippen LogP contribution >= 0.6 is 12.2 Å². The third-order valence-corrected chi connectivity index (χ3v) is 4.88. The molecular formula is C20H21N3O3S. The molecule has 140 valence electrons. The van der Waals surface area contributed by atoms with Gasteiger partial charge < -0.3 is 15.4 Å². The molecule has 2 aromatic carbocycles. The molecule has 0 fully saturated rings. The Morgan fingerprint density at radius 3 is 2.78 bits per heavy atom. The van der Waals surface area contributed by atoms with Gasteiger partial charge in [-0.15, -0.1) is 0 Å². The molecule has 1 amide bonds. The number of aliphatic hydroxyl groups excluding tert-OH is 1. The number of nitrogens with one attached hydrogen (secondary N) is 2. The van der Waals surface area contributed by atoms with Crippen LogP contribution in [-0.2, 0) is 0 Å². The van der Waals surface area contributed by atoms with Crippen molar-refractivity contribution in [2.75, 3.05) is 13.2 Å². The van der Waals surface area contributed by atoms with Crippen LogP contribution in [-0.4, -0.2) is 33.7 Å². The third-order valence-electron chi connectivity index (χ3n) is 4.60. The van der Waals surface area contributed by atoms with Crippen LogP contribution in [0.5, 0.6) is 0 Å². The SMILES string of the molecule is Cc1cccc(-n2c(=S)[nH]c3cc(C(=O)NCCCO)ccc3c2=O)c1C. The Labute approximate surface area is 161 Å². The average Bonchev–Trinajstić information content (AvgIpc) is 2.64. The third kappa shape index (κ3) is 3.70. The van der Waals surface area contributed by atoms with Gasteiger partial charge in [0.05, 0.1) is 16.6 Å². The molecule has 0 spiro atoms. The number of hydrogen-bond donors (Lipinski definition) is 3. The number of aryl methyl sites for hydroxylation is 1. The molecule has 0 aliphatic carbocycles. The highest BCUT2D eigenvalue weighted by atomic mass is 32.1. The molecule has 3 aromatic rings. The van der Waals surface area contributed by atoms with Crippen LogP contribution < -0.4 is 10.9 Å². The van der Waals surface area contributed by atoms with Crippen LogP contribution in [0.1, 0.15) is 27.9 Å². The second-order valence-electron chi connectivity index (χ2n) is 6.38. The van der Waals surface area contributed by atoms with Crippen LogP contribution in [0.3, 0.4) is 0 Å². The van der Waals surface area contributed by atoms with E-state index in [9.17, 15) is 9.59 Å². The highest BCUT2D eigenvalue weighted by Gasteiger charge is 2.13. The van der Waals surface area contributed by atoms with Gasteiger partial charge in [-0.3, -0.25) is 14.2 Å². The Morgan fingerprint density at radius 2 is 2.04 bits per heavy atom. The summed E-state index contributed by atoms with van der Waals surface area (Å²) in [4.78, 5) is 28.3. The Bertz CT molecular complexity index is 1130. The molecule has 1 aromatic heterocycles. The lowest BCUT2D eigenvalue weighted by Crippen LogP contribution is -2.25. The van der Waals surface area contributed by atoms with E-state index in [1.165, 1.54) is 4.57 Å². The molecule has 3 N–H and O–H groups in total. The van der Waals surface area contributed by atoms with Gasteiger partial charge in [0.15, 0.2) is 4.77 Å². The number of nitrogens with zero attached hydrogens (tertiary/aromatic N) is 1. The van der Waals surface area contributed by atoms with Gasteiger partial charge in [-0.1, -0.05) is 12.1 Å². The van der Waals surface area contributed by atoms with Gasteiger partial charge in [0.1, 0.15) is 0 Å². The Morgan fingerprint density at radius 1 is 1.26 bits per heavy atom. The quantitative estimate of drug-likeness (QED) is 0.467. The maximum atomic E-state index is 13.1. The van der Waals surface area contributed by atoms with Gasteiger partial charge in [-0.05, 0) is 67.9 Å². The largest absolute Gasteiger partial charge is 0.396 e. The molecule has 0 aliphatic rings. The van der Waals surface area contributed by atoms with Crippen molar-refractivity contribution < 1.29 is 9.90 Å². The van der Waals surface area contributed by atoms with E-state index in [2.05, 4.69) is 10.3 Å². The topological polar surface area (TPSA) is 87.1 Å². The van der Waals surface area contributed by atoms with Gasteiger partial charge in [0, 0.05) is 18.7 Å². The van der Waals surface area contributed by atoms with E-state index in [4.69, 9.17) is 17.3 Å². The smallest absolute Gasteiger partial charge is 0.266 e. The number of aliphatic hydroxyl groups is 1. The van der Waals surface area contributed by atoms with Crippen molar-refractivity contribution in [3.05, 3.63) is 68.2 Å². The van der Waals surface area contributed by atoms with Gasteiger partial charge in [0.25, 0.3) is 11.5 Å². The van der Waals surface area contributed by atoms with Crippen LogP contribution in [0.25, 0.3) is 16.6 Å². The lowest BCUT2D eigenvalue weighted by Gasteiger charge is -2.13. The molecule has 6 nitrogen and oxygen atoms in total. The van der Waals surface area contributed by atoms with E-state index in [-0.39, 0.29) is 22.8 Å². The fourth-order valence-corrected chi connectivity index (χ4v) is 3.23. The fourth-order valence-electron chi connectivity index (χ4n) is 2.94. The molecular weight excluding hydrogens is 362 g/mol. The van der Waals surface area contributed by atoms with Crippen molar-refractivity contribution in [1.29, 1.82) is 0 Å². The van der Waals surface area contributed by atoms with Crippen molar-refractivity contribution >= 4 is 29.0 Å². The number of benzene rings is 2. The Hall–Kier alpha value is -2.77. The summed E-state index contributed by atoms with van der Waals surface area (Å²) in [6, 6.07) is 10.6. The summed E-state index contributed by atoms with van der Waals surface area (Å²) in [5, 5.41) is 12.0. The van der Waals surface area contributed by atoms with Gasteiger partial charge in [-0.25, -0.2) is 0 Å². The lowest BCUT2D eigenvalue weighted by molar-refractivity contribution is 0.0951. The normalized spacial score (nSPS) is 10.9. The molecule has 3 rings (SSSR count). The van der Waals surface area contributed by atoms with E-state index < -0.39 is 0 Å². The Kier molecular flexibility index (Phi) is 5.53. The second kappa shape index (κ2) is 7.85. The van der Waals surface area contributed by atoms with Gasteiger partial charge >= 0.3 is 0 Å². The van der Waals surface area contributed by atoms with Gasteiger partial charge in [-0.2, -0.15) is 0 Å². The molecule has 0 radical (unpaired) electrons. The van der Waals surface area contributed by atoms with E-state index in [0.717, 1.165) is 16.8 Å². The lowest BCUT2D eigenvalue weighted by atomic mass is 10.1. The molecule has 27 heavy (non-hydrogen) atoms. The monoisotopic (exact) mass is 383 g/mol. The van der Waals surface area contributed by atoms with E-state index in [1.807, 2.05) is 32.0 Å². The summed E-state index contributed by atoms with van der Waals surface area (Å²) in [5.41, 5.74) is 3.52. The fraction of sp³-hybridized carbons (Fsp3) is 0.250. The number of fused-ring (bicyclic) bond motifs is 1. The zero-order chi connectivity index (χ0) is 19.6. The van der Waals surface area contributed by atoms with Crippen molar-refractivity contribution in [2.45, 2.75) is 20.3 Å². The predicted octanol–water partition coefficient (Wildman–Crippen LogP) is 2.78. The number of carbonyl (C=O) groups is 1. The summed E-state index contributed by atoms with van der Waals surface area (Å²) in [7, 11) is 0. The summed E-state index contributed by atoms with van der Waals surface area (Å²) in [5.74, 6) is -0.261. The summed E-state index contributed by atoms with van der Waals surface area (Å²) in [6.07, 6.45) is 0.488. The first-order valence-corrected chi connectivity index (χ1v) is 9.09. The molecule has 0 saturated heterocycles. The average molecular weight is 383 g/mol. The number of rotatable bonds is 5. The molecule has 0 aliphatic heterocycles. The van der Waals surface area contributed by atoms with Crippen LogP contribution in [0.4, 0.5) is 0 Å². The number of H-pyrrole nitrogens is 1. The van der Waals surface area contributed by atoms with Crippen molar-refractivity contribution in [3.8, 4) is 5.69 Å². The maximum absolute atomic E-state index is 13.1. The first kappa shape index (κ1) is 19.0. The molecule has 0 bridgehead atoms. The molecule has 1 heterocycles. The zero-order valence-corrected chi connectivity index (χ0v) is 16.0. The maximum Gasteiger partial charge on any atom is 0.266 e. The summed E-state index contributed by atoms with van der Waals surface area (Å²) >= 11 is 5.43. The minimum Gasteiger partial charge on any atom is -0.396 e. The molecule has 0 saturated carbocycles. The first-order valence-electron chi connectivity index (χ1n) is 8.69. The van der Waals surface area contributed by atoms with Crippen molar-refractivity contribution in [2.24, 2.45) is 0 Å². The van der Waals surface area contributed by atoms with Crippen molar-refractivity contribution in [1.82, 2.24) is 14.9 Å². The standard InChI is InChI=1S/C20H21N3O3S/c1-12-5-3-6-17(13(12)2)23-19(26)15-8-7-14(11-16(15)22-20(23)27)18(25)21-9-4-10-24/h3,5-8,11,24H,4,9-10H2,1-2H3,(H,21,25)(H,22,27). The first-order chi connectivity index (χ1) is 12.9. The molecule has 7 heteroatoms.